The molecule has 94 valence electrons. The molecule has 0 fully saturated rings. The van der Waals surface area contributed by atoms with Crippen molar-refractivity contribution >= 4 is 5.69 Å². The van der Waals surface area contributed by atoms with Crippen LogP contribution in [0, 0.1) is 0 Å². The largest absolute Gasteiger partial charge is 0.399 e. The fraction of sp³-hybridized carbons (Fsp3) is 0.250. The molecule has 0 bridgehead atoms. The number of aryl methyl sites for hydroxylation is 1. The van der Waals surface area contributed by atoms with Crippen molar-refractivity contribution < 1.29 is 0 Å². The molecule has 0 heterocycles. The van der Waals surface area contributed by atoms with E-state index >= 15 is 0 Å². The SMILES string of the molecule is Nc1ccccc1CCCC(N)c1ccccc1. The number of hydrogen-bond acceptors (Lipinski definition) is 2. The summed E-state index contributed by atoms with van der Waals surface area (Å²) in [7, 11) is 0. The van der Waals surface area contributed by atoms with Gasteiger partial charge in [0.1, 0.15) is 0 Å². The molecule has 2 heteroatoms. The third-order valence-electron chi connectivity index (χ3n) is 3.24. The van der Waals surface area contributed by atoms with Gasteiger partial charge in [-0.15, -0.1) is 0 Å². The molecule has 0 aliphatic carbocycles. The Morgan fingerprint density at radius 1 is 0.889 bits per heavy atom. The summed E-state index contributed by atoms with van der Waals surface area (Å²) in [5, 5.41) is 0. The lowest BCUT2D eigenvalue weighted by atomic mass is 9.99. The Balaban J connectivity index is 1.84. The van der Waals surface area contributed by atoms with Gasteiger partial charge in [0.2, 0.25) is 0 Å². The molecule has 0 saturated carbocycles. The van der Waals surface area contributed by atoms with E-state index in [1.807, 2.05) is 36.4 Å². The van der Waals surface area contributed by atoms with E-state index in [4.69, 9.17) is 11.5 Å². The Morgan fingerprint density at radius 3 is 2.28 bits per heavy atom. The van der Waals surface area contributed by atoms with E-state index < -0.39 is 0 Å². The third kappa shape index (κ3) is 3.34. The number of benzene rings is 2. The summed E-state index contributed by atoms with van der Waals surface area (Å²) in [6.45, 7) is 0. The molecule has 0 aliphatic heterocycles. The molecule has 2 aromatic rings. The summed E-state index contributed by atoms with van der Waals surface area (Å²) in [6.07, 6.45) is 3.04. The summed E-state index contributed by atoms with van der Waals surface area (Å²) < 4.78 is 0. The third-order valence-corrected chi connectivity index (χ3v) is 3.24. The number of para-hydroxylation sites is 1. The van der Waals surface area contributed by atoms with Crippen molar-refractivity contribution in [3.63, 3.8) is 0 Å². The minimum atomic E-state index is 0.121. The number of anilines is 1. The molecule has 1 unspecified atom stereocenters. The van der Waals surface area contributed by atoms with E-state index in [1.54, 1.807) is 0 Å². The molecule has 0 saturated heterocycles. The van der Waals surface area contributed by atoms with Crippen molar-refractivity contribution in [2.24, 2.45) is 5.73 Å². The predicted octanol–water partition coefficient (Wildman–Crippen LogP) is 3.29. The van der Waals surface area contributed by atoms with Gasteiger partial charge >= 0.3 is 0 Å². The van der Waals surface area contributed by atoms with Crippen molar-refractivity contribution in [3.8, 4) is 0 Å². The van der Waals surface area contributed by atoms with Gasteiger partial charge in [-0.25, -0.2) is 0 Å². The molecule has 4 N–H and O–H groups in total. The molecular formula is C16H20N2. The van der Waals surface area contributed by atoms with Crippen LogP contribution in [0.1, 0.15) is 30.0 Å². The van der Waals surface area contributed by atoms with E-state index in [0.29, 0.717) is 0 Å². The topological polar surface area (TPSA) is 52.0 Å². The molecule has 2 aromatic carbocycles. The fourth-order valence-electron chi connectivity index (χ4n) is 2.14. The zero-order valence-corrected chi connectivity index (χ0v) is 10.5. The van der Waals surface area contributed by atoms with E-state index in [9.17, 15) is 0 Å². The van der Waals surface area contributed by atoms with E-state index in [1.165, 1.54) is 11.1 Å². The molecule has 2 nitrogen and oxygen atoms in total. The minimum Gasteiger partial charge on any atom is -0.399 e. The second kappa shape index (κ2) is 6.22. The van der Waals surface area contributed by atoms with Crippen LogP contribution >= 0.6 is 0 Å². The minimum absolute atomic E-state index is 0.121. The quantitative estimate of drug-likeness (QED) is 0.788. The maximum Gasteiger partial charge on any atom is 0.0346 e. The lowest BCUT2D eigenvalue weighted by Crippen LogP contribution is -2.10. The number of hydrogen-bond donors (Lipinski definition) is 2. The van der Waals surface area contributed by atoms with Crippen LogP contribution in [0.5, 0.6) is 0 Å². The summed E-state index contributed by atoms with van der Waals surface area (Å²) in [4.78, 5) is 0. The zero-order valence-electron chi connectivity index (χ0n) is 10.5. The first-order chi connectivity index (χ1) is 8.77. The average molecular weight is 240 g/mol. The van der Waals surface area contributed by atoms with Gasteiger partial charge in [-0.2, -0.15) is 0 Å². The van der Waals surface area contributed by atoms with Gasteiger partial charge in [0.15, 0.2) is 0 Å². The Bertz CT molecular complexity index is 479. The molecule has 0 aliphatic rings. The Labute approximate surface area is 109 Å². The van der Waals surface area contributed by atoms with Crippen LogP contribution in [0.4, 0.5) is 5.69 Å². The van der Waals surface area contributed by atoms with Gasteiger partial charge in [0, 0.05) is 11.7 Å². The van der Waals surface area contributed by atoms with Crippen molar-refractivity contribution in [2.45, 2.75) is 25.3 Å². The Morgan fingerprint density at radius 2 is 1.56 bits per heavy atom. The van der Waals surface area contributed by atoms with Crippen molar-refractivity contribution in [1.29, 1.82) is 0 Å². The van der Waals surface area contributed by atoms with Crippen LogP contribution in [0.25, 0.3) is 0 Å². The first-order valence-corrected chi connectivity index (χ1v) is 6.41. The van der Waals surface area contributed by atoms with Crippen LogP contribution in [0.3, 0.4) is 0 Å². The second-order valence-corrected chi connectivity index (χ2v) is 4.61. The summed E-state index contributed by atoms with van der Waals surface area (Å²) in [5.74, 6) is 0. The average Bonchev–Trinajstić information content (AvgIpc) is 2.42. The smallest absolute Gasteiger partial charge is 0.0346 e. The van der Waals surface area contributed by atoms with Gasteiger partial charge < -0.3 is 11.5 Å². The number of nitrogens with two attached hydrogens (primary N) is 2. The maximum atomic E-state index is 6.17. The lowest BCUT2D eigenvalue weighted by molar-refractivity contribution is 0.612. The zero-order chi connectivity index (χ0) is 12.8. The second-order valence-electron chi connectivity index (χ2n) is 4.61. The van der Waals surface area contributed by atoms with Crippen molar-refractivity contribution in [3.05, 3.63) is 65.7 Å². The highest BCUT2D eigenvalue weighted by Crippen LogP contribution is 2.19. The highest BCUT2D eigenvalue weighted by molar-refractivity contribution is 5.46. The van der Waals surface area contributed by atoms with Crippen LogP contribution < -0.4 is 11.5 Å². The molecule has 18 heavy (non-hydrogen) atoms. The Kier molecular flexibility index (Phi) is 4.37. The van der Waals surface area contributed by atoms with Gasteiger partial charge in [-0.1, -0.05) is 48.5 Å². The molecule has 1 atom stereocenters. The highest BCUT2D eigenvalue weighted by atomic mass is 14.6. The molecule has 0 aromatic heterocycles. The van der Waals surface area contributed by atoms with E-state index in [2.05, 4.69) is 18.2 Å². The predicted molar refractivity (Wildman–Crippen MR) is 77.2 cm³/mol. The van der Waals surface area contributed by atoms with E-state index in [-0.39, 0.29) is 6.04 Å². The van der Waals surface area contributed by atoms with E-state index in [0.717, 1.165) is 24.9 Å². The molecular weight excluding hydrogens is 220 g/mol. The molecule has 0 spiro atoms. The highest BCUT2D eigenvalue weighted by Gasteiger charge is 2.05. The monoisotopic (exact) mass is 240 g/mol. The fourth-order valence-corrected chi connectivity index (χ4v) is 2.14. The van der Waals surface area contributed by atoms with Crippen LogP contribution in [0.2, 0.25) is 0 Å². The standard InChI is InChI=1S/C16H20N2/c17-15-11-5-4-9-14(15)10-6-12-16(18)13-7-2-1-3-8-13/h1-5,7-9,11,16H,6,10,12,17-18H2. The maximum absolute atomic E-state index is 6.17. The van der Waals surface area contributed by atoms with Crippen molar-refractivity contribution in [2.75, 3.05) is 5.73 Å². The van der Waals surface area contributed by atoms with Gasteiger partial charge in [0.05, 0.1) is 0 Å². The number of rotatable bonds is 5. The molecule has 0 radical (unpaired) electrons. The first kappa shape index (κ1) is 12.7. The summed E-state index contributed by atoms with van der Waals surface area (Å²) in [6, 6.07) is 18.4. The lowest BCUT2D eigenvalue weighted by Gasteiger charge is -2.12. The van der Waals surface area contributed by atoms with Crippen LogP contribution in [0.15, 0.2) is 54.6 Å². The van der Waals surface area contributed by atoms with Crippen LogP contribution in [-0.2, 0) is 6.42 Å². The first-order valence-electron chi connectivity index (χ1n) is 6.41. The molecule has 0 amide bonds. The van der Waals surface area contributed by atoms with Gasteiger partial charge in [0.25, 0.3) is 0 Å². The van der Waals surface area contributed by atoms with Gasteiger partial charge in [-0.3, -0.25) is 0 Å². The van der Waals surface area contributed by atoms with Crippen molar-refractivity contribution in [1.82, 2.24) is 0 Å². The van der Waals surface area contributed by atoms with Crippen LogP contribution in [-0.4, -0.2) is 0 Å². The number of nitrogen functional groups attached to an aromatic ring is 1. The summed E-state index contributed by atoms with van der Waals surface area (Å²) >= 11 is 0. The van der Waals surface area contributed by atoms with Gasteiger partial charge in [-0.05, 0) is 36.5 Å². The normalized spacial score (nSPS) is 12.3. The Hall–Kier alpha value is -1.80. The molecule has 2 rings (SSSR count). The summed E-state index contributed by atoms with van der Waals surface area (Å²) in [5.41, 5.74) is 15.4.